The Morgan fingerprint density at radius 3 is 2.14 bits per heavy atom. The summed E-state index contributed by atoms with van der Waals surface area (Å²) in [4.78, 5) is 0. The van der Waals surface area contributed by atoms with Crippen molar-refractivity contribution in [2.24, 2.45) is 0 Å². The maximum Gasteiger partial charge on any atom is 0.123 e. The number of phenols is 1. The first-order chi connectivity index (χ1) is 10.2. The molecule has 1 N–H and O–H groups in total. The number of benzene rings is 4. The van der Waals surface area contributed by atoms with Gasteiger partial charge in [0, 0.05) is 5.39 Å². The number of fused-ring (bicyclic) bond motifs is 4. The van der Waals surface area contributed by atoms with Gasteiger partial charge in [0.25, 0.3) is 0 Å². The summed E-state index contributed by atoms with van der Waals surface area (Å²) in [6.45, 7) is 4.24. The molecule has 0 aliphatic carbocycles. The number of aryl methyl sites for hydroxylation is 2. The average Bonchev–Trinajstić information content (AvgIpc) is 2.51. The molecular weight excluding hydrogens is 256 g/mol. The molecule has 1 heteroatoms. The molecule has 0 aromatic heterocycles. The molecule has 0 atom stereocenters. The second-order valence-electron chi connectivity index (χ2n) is 5.66. The molecule has 0 aliphatic rings. The smallest absolute Gasteiger partial charge is 0.123 e. The van der Waals surface area contributed by atoms with Gasteiger partial charge in [0.15, 0.2) is 0 Å². The van der Waals surface area contributed by atoms with E-state index in [1.807, 2.05) is 6.07 Å². The summed E-state index contributed by atoms with van der Waals surface area (Å²) in [5, 5.41) is 17.4. The first kappa shape index (κ1) is 12.2. The number of hydrogen-bond acceptors (Lipinski definition) is 1. The summed E-state index contributed by atoms with van der Waals surface area (Å²) >= 11 is 0. The number of phenolic OH excluding ortho intramolecular Hbond substituents is 1. The van der Waals surface area contributed by atoms with E-state index in [1.165, 1.54) is 27.1 Å². The molecule has 0 saturated heterocycles. The Bertz CT molecular complexity index is 1010. The average molecular weight is 272 g/mol. The lowest BCUT2D eigenvalue weighted by Crippen LogP contribution is -1.90. The van der Waals surface area contributed by atoms with Gasteiger partial charge in [-0.2, -0.15) is 0 Å². The lowest BCUT2D eigenvalue weighted by Gasteiger charge is -2.15. The molecule has 4 aromatic rings. The van der Waals surface area contributed by atoms with Crippen LogP contribution >= 0.6 is 0 Å². The number of aromatic hydroxyl groups is 1. The van der Waals surface area contributed by atoms with Crippen molar-refractivity contribution >= 4 is 32.3 Å². The zero-order valence-corrected chi connectivity index (χ0v) is 12.1. The first-order valence-corrected chi connectivity index (χ1v) is 7.21. The van der Waals surface area contributed by atoms with E-state index in [1.54, 1.807) is 6.07 Å². The minimum absolute atomic E-state index is 0.364. The molecule has 0 unspecified atom stereocenters. The summed E-state index contributed by atoms with van der Waals surface area (Å²) < 4.78 is 0. The molecule has 0 amide bonds. The normalized spacial score (nSPS) is 11.5. The van der Waals surface area contributed by atoms with Crippen LogP contribution in [0.15, 0.2) is 54.6 Å². The van der Waals surface area contributed by atoms with Crippen molar-refractivity contribution in [2.75, 3.05) is 0 Å². The van der Waals surface area contributed by atoms with Crippen molar-refractivity contribution < 1.29 is 5.11 Å². The molecule has 4 rings (SSSR count). The van der Waals surface area contributed by atoms with Crippen LogP contribution < -0.4 is 0 Å². The molecule has 0 aliphatic heterocycles. The van der Waals surface area contributed by atoms with E-state index < -0.39 is 0 Å². The standard InChI is InChI=1S/C20H16O/c1-12-15-8-5-9-18(21)20(15)13(2)16-11-10-14-6-3-4-7-17(14)19(12)16/h3-11,21H,1-2H3. The Kier molecular flexibility index (Phi) is 2.46. The Morgan fingerprint density at radius 1 is 0.619 bits per heavy atom. The van der Waals surface area contributed by atoms with Crippen molar-refractivity contribution in [2.45, 2.75) is 13.8 Å². The molecule has 0 bridgehead atoms. The second kappa shape index (κ2) is 4.23. The Labute approximate surface area is 123 Å². The largest absolute Gasteiger partial charge is 0.507 e. The first-order valence-electron chi connectivity index (χ1n) is 7.21. The highest BCUT2D eigenvalue weighted by Gasteiger charge is 2.13. The molecule has 0 radical (unpaired) electrons. The number of rotatable bonds is 0. The van der Waals surface area contributed by atoms with Crippen LogP contribution in [0.5, 0.6) is 5.75 Å². The summed E-state index contributed by atoms with van der Waals surface area (Å²) in [7, 11) is 0. The van der Waals surface area contributed by atoms with Gasteiger partial charge in [0.2, 0.25) is 0 Å². The van der Waals surface area contributed by atoms with Crippen LogP contribution in [-0.4, -0.2) is 5.11 Å². The second-order valence-corrected chi connectivity index (χ2v) is 5.66. The summed E-state index contributed by atoms with van der Waals surface area (Å²) in [5.74, 6) is 0.364. The molecule has 0 saturated carbocycles. The predicted molar refractivity (Wildman–Crippen MR) is 90.1 cm³/mol. The Balaban J connectivity index is 2.38. The van der Waals surface area contributed by atoms with Gasteiger partial charge in [-0.15, -0.1) is 0 Å². The van der Waals surface area contributed by atoms with Gasteiger partial charge in [-0.05, 0) is 58.0 Å². The lowest BCUT2D eigenvalue weighted by molar-refractivity contribution is 0.481. The quantitative estimate of drug-likeness (QED) is 0.332. The van der Waals surface area contributed by atoms with E-state index in [2.05, 4.69) is 56.3 Å². The zero-order chi connectivity index (χ0) is 14.6. The fraction of sp³-hybridized carbons (Fsp3) is 0.100. The van der Waals surface area contributed by atoms with Crippen LogP contribution in [-0.2, 0) is 0 Å². The van der Waals surface area contributed by atoms with Crippen LogP contribution in [0.25, 0.3) is 32.3 Å². The highest BCUT2D eigenvalue weighted by Crippen LogP contribution is 2.39. The maximum absolute atomic E-state index is 10.2. The SMILES string of the molecule is Cc1c2ccc3ccccc3c2c(C)c2cccc(O)c12. The number of hydrogen-bond donors (Lipinski definition) is 1. The minimum atomic E-state index is 0.364. The Morgan fingerprint density at radius 2 is 1.29 bits per heavy atom. The van der Waals surface area contributed by atoms with E-state index in [9.17, 15) is 5.11 Å². The fourth-order valence-corrected chi connectivity index (χ4v) is 3.50. The molecule has 0 fully saturated rings. The fourth-order valence-electron chi connectivity index (χ4n) is 3.50. The van der Waals surface area contributed by atoms with E-state index in [4.69, 9.17) is 0 Å². The highest BCUT2D eigenvalue weighted by molar-refractivity contribution is 6.17. The van der Waals surface area contributed by atoms with Crippen LogP contribution in [0, 0.1) is 13.8 Å². The minimum Gasteiger partial charge on any atom is -0.507 e. The molecule has 21 heavy (non-hydrogen) atoms. The van der Waals surface area contributed by atoms with E-state index in [0.29, 0.717) is 5.75 Å². The molecule has 1 nitrogen and oxygen atoms in total. The van der Waals surface area contributed by atoms with Gasteiger partial charge in [0.1, 0.15) is 5.75 Å². The summed E-state index contributed by atoms with van der Waals surface area (Å²) in [6, 6.07) is 18.6. The topological polar surface area (TPSA) is 20.2 Å². The van der Waals surface area contributed by atoms with Crippen molar-refractivity contribution in [3.05, 3.63) is 65.7 Å². The van der Waals surface area contributed by atoms with Gasteiger partial charge in [-0.1, -0.05) is 48.5 Å². The van der Waals surface area contributed by atoms with E-state index in [-0.39, 0.29) is 0 Å². The monoisotopic (exact) mass is 272 g/mol. The highest BCUT2D eigenvalue weighted by atomic mass is 16.3. The summed E-state index contributed by atoms with van der Waals surface area (Å²) in [6.07, 6.45) is 0. The van der Waals surface area contributed by atoms with Crippen molar-refractivity contribution in [1.82, 2.24) is 0 Å². The third-order valence-corrected chi connectivity index (χ3v) is 4.53. The molecule has 4 aromatic carbocycles. The van der Waals surface area contributed by atoms with Crippen LogP contribution in [0.1, 0.15) is 11.1 Å². The van der Waals surface area contributed by atoms with Crippen LogP contribution in [0.3, 0.4) is 0 Å². The van der Waals surface area contributed by atoms with Gasteiger partial charge < -0.3 is 5.11 Å². The van der Waals surface area contributed by atoms with Gasteiger partial charge in [0.05, 0.1) is 0 Å². The molecule has 0 spiro atoms. The third kappa shape index (κ3) is 1.58. The van der Waals surface area contributed by atoms with E-state index >= 15 is 0 Å². The molecule has 102 valence electrons. The maximum atomic E-state index is 10.2. The molecular formula is C20H16O. The van der Waals surface area contributed by atoms with E-state index in [0.717, 1.165) is 16.3 Å². The van der Waals surface area contributed by atoms with Crippen molar-refractivity contribution in [3.63, 3.8) is 0 Å². The Hall–Kier alpha value is -2.54. The lowest BCUT2D eigenvalue weighted by atomic mass is 9.90. The van der Waals surface area contributed by atoms with Crippen LogP contribution in [0.2, 0.25) is 0 Å². The third-order valence-electron chi connectivity index (χ3n) is 4.53. The van der Waals surface area contributed by atoms with Crippen molar-refractivity contribution in [1.29, 1.82) is 0 Å². The predicted octanol–water partition coefficient (Wildman–Crippen LogP) is 5.47. The van der Waals surface area contributed by atoms with Gasteiger partial charge in [-0.25, -0.2) is 0 Å². The van der Waals surface area contributed by atoms with Gasteiger partial charge >= 0.3 is 0 Å². The van der Waals surface area contributed by atoms with Crippen LogP contribution in [0.4, 0.5) is 0 Å². The molecule has 0 heterocycles. The van der Waals surface area contributed by atoms with Gasteiger partial charge in [-0.3, -0.25) is 0 Å². The van der Waals surface area contributed by atoms with Crippen molar-refractivity contribution in [3.8, 4) is 5.75 Å². The summed E-state index contributed by atoms with van der Waals surface area (Å²) in [5.41, 5.74) is 2.38. The zero-order valence-electron chi connectivity index (χ0n) is 12.1.